The number of halogens is 2. The van der Waals surface area contributed by atoms with Crippen molar-refractivity contribution in [1.82, 2.24) is 34.5 Å². The van der Waals surface area contributed by atoms with Crippen LogP contribution in [0.5, 0.6) is 0 Å². The summed E-state index contributed by atoms with van der Waals surface area (Å²) in [5, 5.41) is 13.6. The summed E-state index contributed by atoms with van der Waals surface area (Å²) < 4.78 is 30.9. The van der Waals surface area contributed by atoms with Crippen molar-refractivity contribution in [2.45, 2.75) is 62.9 Å². The number of rotatable bonds is 14. The monoisotopic (exact) mass is 669 g/mol. The van der Waals surface area contributed by atoms with Gasteiger partial charge in [0.25, 0.3) is 5.56 Å². The Morgan fingerprint density at radius 3 is 2.21 bits per heavy atom. The van der Waals surface area contributed by atoms with Gasteiger partial charge in [0.15, 0.2) is 11.0 Å². The number of hydrogen-bond acceptors (Lipinski definition) is 7. The number of thioether (sulfide) groups is 1. The Hall–Kier alpha value is -4.19. The van der Waals surface area contributed by atoms with Gasteiger partial charge < -0.3 is 19.4 Å². The first-order chi connectivity index (χ1) is 23.3. The molecule has 2 aromatic heterocycles. The molecule has 0 radical (unpaired) electrons. The Labute approximate surface area is 284 Å². The molecule has 0 spiro atoms. The first-order valence-electron chi connectivity index (χ1n) is 16.3. The van der Waals surface area contributed by atoms with Crippen molar-refractivity contribution in [2.75, 3.05) is 27.2 Å². The van der Waals surface area contributed by atoms with E-state index in [4.69, 9.17) is 10.2 Å². The molecule has 0 bridgehead atoms. The van der Waals surface area contributed by atoms with Crippen molar-refractivity contribution in [3.05, 3.63) is 129 Å². The van der Waals surface area contributed by atoms with E-state index in [1.54, 1.807) is 12.1 Å². The van der Waals surface area contributed by atoms with Crippen LogP contribution in [0, 0.1) is 5.82 Å². The Morgan fingerprint density at radius 2 is 1.54 bits per heavy atom. The van der Waals surface area contributed by atoms with Gasteiger partial charge in [-0.1, -0.05) is 72.4 Å². The molecule has 1 unspecified atom stereocenters. The summed E-state index contributed by atoms with van der Waals surface area (Å²) in [7, 11) is 4.10. The van der Waals surface area contributed by atoms with Crippen molar-refractivity contribution in [1.29, 1.82) is 0 Å². The highest BCUT2D eigenvalue weighted by atomic mass is 32.2. The standard InChI is InChI=1S/C37H41F2N7OS/c1-25(40-19-20-44(2)3)35-43-42-34(46(35)22-27-9-15-30(16-10-27)29-13-7-26(21-38)8-14-29)23-45-33-6-4-5-32(33)36(47)41-37(45)48-24-28-11-17-31(39)18-12-28/h7-18,25,40H,4-6,19-24H2,1-3H3. The second-order valence-corrected chi connectivity index (χ2v) is 13.5. The molecule has 11 heteroatoms. The molecule has 48 heavy (non-hydrogen) atoms. The largest absolute Gasteiger partial charge is 0.316 e. The minimum atomic E-state index is -0.474. The van der Waals surface area contributed by atoms with E-state index in [9.17, 15) is 13.6 Å². The van der Waals surface area contributed by atoms with Gasteiger partial charge in [-0.25, -0.2) is 8.78 Å². The molecule has 1 aliphatic rings. The van der Waals surface area contributed by atoms with Crippen LogP contribution in [0.3, 0.4) is 0 Å². The normalized spacial score (nSPS) is 13.3. The SMILES string of the molecule is CC(NCCN(C)C)c1nnc(Cn2c(SCc3ccc(F)cc3)nc(=O)c3c2CCC3)n1Cc1ccc(-c2ccc(CF)cc2)cc1. The first kappa shape index (κ1) is 33.7. The first-order valence-corrected chi connectivity index (χ1v) is 17.3. The predicted octanol–water partition coefficient (Wildman–Crippen LogP) is 6.20. The maximum atomic E-state index is 13.5. The van der Waals surface area contributed by atoms with E-state index < -0.39 is 6.67 Å². The number of aromatic nitrogens is 5. The van der Waals surface area contributed by atoms with E-state index in [1.807, 2.05) is 24.3 Å². The van der Waals surface area contributed by atoms with Crippen molar-refractivity contribution in [3.63, 3.8) is 0 Å². The summed E-state index contributed by atoms with van der Waals surface area (Å²) in [4.78, 5) is 19.7. The van der Waals surface area contributed by atoms with Crippen LogP contribution in [0.1, 0.15) is 59.0 Å². The molecule has 1 atom stereocenters. The van der Waals surface area contributed by atoms with Crippen molar-refractivity contribution in [2.24, 2.45) is 0 Å². The van der Waals surface area contributed by atoms with E-state index in [0.717, 1.165) is 77.5 Å². The summed E-state index contributed by atoms with van der Waals surface area (Å²) in [6.07, 6.45) is 2.43. The number of alkyl halides is 1. The molecule has 0 aliphatic heterocycles. The van der Waals surface area contributed by atoms with Gasteiger partial charge in [-0.05, 0) is 80.2 Å². The molecule has 0 saturated carbocycles. The molecule has 8 nitrogen and oxygen atoms in total. The highest BCUT2D eigenvalue weighted by Crippen LogP contribution is 2.28. The Morgan fingerprint density at radius 1 is 0.875 bits per heavy atom. The van der Waals surface area contributed by atoms with E-state index in [0.29, 0.717) is 29.6 Å². The average Bonchev–Trinajstić information content (AvgIpc) is 3.74. The lowest BCUT2D eigenvalue weighted by Crippen LogP contribution is -2.30. The fourth-order valence-corrected chi connectivity index (χ4v) is 7.02. The zero-order valence-electron chi connectivity index (χ0n) is 27.6. The van der Waals surface area contributed by atoms with E-state index in [1.165, 1.54) is 23.9 Å². The van der Waals surface area contributed by atoms with Crippen LogP contribution < -0.4 is 10.9 Å². The third-order valence-electron chi connectivity index (χ3n) is 8.77. The molecule has 1 aliphatic carbocycles. The third-order valence-corrected chi connectivity index (χ3v) is 9.82. The smallest absolute Gasteiger partial charge is 0.277 e. The van der Waals surface area contributed by atoms with E-state index in [-0.39, 0.29) is 17.4 Å². The summed E-state index contributed by atoms with van der Waals surface area (Å²) in [5.74, 6) is 1.89. The number of nitrogens with zero attached hydrogens (tertiary/aromatic N) is 6. The molecule has 0 saturated heterocycles. The van der Waals surface area contributed by atoms with Crippen LogP contribution in [0.15, 0.2) is 82.7 Å². The molecule has 6 rings (SSSR count). The van der Waals surface area contributed by atoms with Gasteiger partial charge in [0, 0.05) is 30.1 Å². The highest BCUT2D eigenvalue weighted by Gasteiger charge is 2.25. The Kier molecular flexibility index (Phi) is 10.8. The molecule has 0 amide bonds. The summed E-state index contributed by atoms with van der Waals surface area (Å²) in [5.41, 5.74) is 6.42. The number of fused-ring (bicyclic) bond motifs is 1. The molecule has 5 aromatic rings. The number of benzene rings is 3. The molecule has 0 fully saturated rings. The van der Waals surface area contributed by atoms with Crippen LogP contribution in [-0.4, -0.2) is 56.4 Å². The van der Waals surface area contributed by atoms with Gasteiger partial charge in [-0.2, -0.15) is 4.98 Å². The minimum Gasteiger partial charge on any atom is -0.316 e. The molecular formula is C37H41F2N7OS. The highest BCUT2D eigenvalue weighted by molar-refractivity contribution is 7.98. The number of hydrogen-bond donors (Lipinski definition) is 1. The molecule has 250 valence electrons. The van der Waals surface area contributed by atoms with Crippen molar-refractivity contribution < 1.29 is 8.78 Å². The molecule has 1 N–H and O–H groups in total. The van der Waals surface area contributed by atoms with Crippen LogP contribution >= 0.6 is 11.8 Å². The minimum absolute atomic E-state index is 0.0512. The lowest BCUT2D eigenvalue weighted by molar-refractivity contribution is 0.383. The molecule has 2 heterocycles. The zero-order valence-corrected chi connectivity index (χ0v) is 28.4. The van der Waals surface area contributed by atoms with Crippen LogP contribution in [0.25, 0.3) is 11.1 Å². The fraction of sp³-hybridized carbons (Fsp3) is 0.351. The average molecular weight is 670 g/mol. The van der Waals surface area contributed by atoms with Crippen molar-refractivity contribution in [3.8, 4) is 11.1 Å². The lowest BCUT2D eigenvalue weighted by Gasteiger charge is -2.20. The van der Waals surface area contributed by atoms with Gasteiger partial charge in [0.05, 0.1) is 19.1 Å². The summed E-state index contributed by atoms with van der Waals surface area (Å²) in [6, 6.07) is 22.3. The molecular weight excluding hydrogens is 629 g/mol. The van der Waals surface area contributed by atoms with Gasteiger partial charge in [0.2, 0.25) is 0 Å². The number of nitrogens with one attached hydrogen (secondary N) is 1. The zero-order chi connectivity index (χ0) is 33.6. The topological polar surface area (TPSA) is 80.9 Å². The quantitative estimate of drug-likeness (QED) is 0.111. The second-order valence-electron chi connectivity index (χ2n) is 12.5. The Balaban J connectivity index is 1.32. The maximum absolute atomic E-state index is 13.5. The third kappa shape index (κ3) is 7.91. The maximum Gasteiger partial charge on any atom is 0.277 e. The van der Waals surface area contributed by atoms with Crippen LogP contribution in [0.4, 0.5) is 8.78 Å². The Bertz CT molecular complexity index is 1890. The van der Waals surface area contributed by atoms with Gasteiger partial charge in [-0.3, -0.25) is 4.79 Å². The van der Waals surface area contributed by atoms with Crippen LogP contribution in [-0.2, 0) is 38.4 Å². The predicted molar refractivity (Wildman–Crippen MR) is 186 cm³/mol. The van der Waals surface area contributed by atoms with E-state index in [2.05, 4.69) is 69.6 Å². The summed E-state index contributed by atoms with van der Waals surface area (Å²) in [6.45, 7) is 4.30. The summed E-state index contributed by atoms with van der Waals surface area (Å²) >= 11 is 1.48. The van der Waals surface area contributed by atoms with Crippen molar-refractivity contribution >= 4 is 11.8 Å². The van der Waals surface area contributed by atoms with Gasteiger partial charge in [0.1, 0.15) is 18.3 Å². The van der Waals surface area contributed by atoms with Crippen LogP contribution in [0.2, 0.25) is 0 Å². The van der Waals surface area contributed by atoms with Gasteiger partial charge in [-0.15, -0.1) is 10.2 Å². The van der Waals surface area contributed by atoms with E-state index >= 15 is 0 Å². The lowest BCUT2D eigenvalue weighted by atomic mass is 10.0. The van der Waals surface area contributed by atoms with Gasteiger partial charge >= 0.3 is 0 Å². The molecule has 3 aromatic carbocycles. The number of likely N-dealkylation sites (N-methyl/N-ethyl adjacent to an activating group) is 1. The second kappa shape index (κ2) is 15.4. The fourth-order valence-electron chi connectivity index (χ4n) is 6.06.